The van der Waals surface area contributed by atoms with E-state index >= 15 is 0 Å². The highest BCUT2D eigenvalue weighted by Crippen LogP contribution is 2.32. The molecule has 3 rings (SSSR count). The van der Waals surface area contributed by atoms with E-state index in [2.05, 4.69) is 9.97 Å². The molecule has 0 unspecified atom stereocenters. The zero-order chi connectivity index (χ0) is 14.8. The molecule has 0 aliphatic rings. The van der Waals surface area contributed by atoms with Crippen molar-refractivity contribution in [3.63, 3.8) is 0 Å². The molecule has 21 heavy (non-hydrogen) atoms. The Labute approximate surface area is 127 Å². The van der Waals surface area contributed by atoms with E-state index in [0.29, 0.717) is 27.7 Å². The van der Waals surface area contributed by atoms with Crippen molar-refractivity contribution in [3.8, 4) is 22.4 Å². The van der Waals surface area contributed by atoms with Crippen LogP contribution >= 0.6 is 11.6 Å². The Hall–Kier alpha value is -2.26. The lowest BCUT2D eigenvalue weighted by molar-refractivity contribution is 0.631. The van der Waals surface area contributed by atoms with Gasteiger partial charge >= 0.3 is 0 Å². The van der Waals surface area contributed by atoms with Gasteiger partial charge in [-0.05, 0) is 25.1 Å². The Kier molecular flexibility index (Phi) is 3.67. The van der Waals surface area contributed by atoms with E-state index in [1.54, 1.807) is 36.5 Å². The predicted octanol–water partition coefficient (Wildman–Crippen LogP) is 4.91. The number of halogens is 2. The summed E-state index contributed by atoms with van der Waals surface area (Å²) >= 11 is 5.92. The second kappa shape index (κ2) is 5.62. The van der Waals surface area contributed by atoms with Crippen LogP contribution in [0.5, 0.6) is 0 Å². The summed E-state index contributed by atoms with van der Waals surface area (Å²) < 4.78 is 14.1. The van der Waals surface area contributed by atoms with E-state index < -0.39 is 0 Å². The van der Waals surface area contributed by atoms with Gasteiger partial charge in [0.25, 0.3) is 0 Å². The van der Waals surface area contributed by atoms with Gasteiger partial charge in [0.2, 0.25) is 0 Å². The molecule has 0 atom stereocenters. The van der Waals surface area contributed by atoms with Gasteiger partial charge < -0.3 is 0 Å². The first-order valence-electron chi connectivity index (χ1n) is 6.49. The fraction of sp³-hybridized carbons (Fsp3) is 0.0588. The minimum Gasteiger partial charge on any atom is -0.241 e. The Morgan fingerprint density at radius 3 is 2.38 bits per heavy atom. The molecule has 0 aliphatic heterocycles. The van der Waals surface area contributed by atoms with Crippen molar-refractivity contribution in [1.82, 2.24) is 9.97 Å². The number of hydrogen-bond acceptors (Lipinski definition) is 2. The minimum absolute atomic E-state index is 0.292. The van der Waals surface area contributed by atoms with E-state index in [1.807, 2.05) is 19.1 Å². The van der Waals surface area contributed by atoms with Gasteiger partial charge in [-0.1, -0.05) is 41.9 Å². The van der Waals surface area contributed by atoms with Crippen molar-refractivity contribution in [3.05, 3.63) is 71.4 Å². The highest BCUT2D eigenvalue weighted by Gasteiger charge is 2.13. The Morgan fingerprint density at radius 2 is 1.67 bits per heavy atom. The van der Waals surface area contributed by atoms with Crippen LogP contribution in [0.25, 0.3) is 22.4 Å². The molecule has 2 nitrogen and oxygen atoms in total. The minimum atomic E-state index is -0.292. The van der Waals surface area contributed by atoms with Crippen LogP contribution in [0.3, 0.4) is 0 Å². The summed E-state index contributed by atoms with van der Waals surface area (Å²) in [6.45, 7) is 1.81. The third-order valence-corrected chi connectivity index (χ3v) is 3.44. The maximum Gasteiger partial charge on any atom is 0.131 e. The molecule has 0 aliphatic carbocycles. The molecular formula is C17H12ClFN2. The van der Waals surface area contributed by atoms with Crippen LogP contribution in [0.4, 0.5) is 4.39 Å². The topological polar surface area (TPSA) is 25.8 Å². The summed E-state index contributed by atoms with van der Waals surface area (Å²) in [4.78, 5) is 8.67. The molecule has 0 N–H and O–H groups in total. The molecule has 0 bridgehead atoms. The van der Waals surface area contributed by atoms with E-state index in [-0.39, 0.29) is 5.82 Å². The molecule has 0 radical (unpaired) electrons. The van der Waals surface area contributed by atoms with Gasteiger partial charge in [0.15, 0.2) is 0 Å². The van der Waals surface area contributed by atoms with E-state index in [9.17, 15) is 4.39 Å². The maximum absolute atomic E-state index is 14.1. The van der Waals surface area contributed by atoms with E-state index in [4.69, 9.17) is 11.6 Å². The first kappa shape index (κ1) is 13.7. The largest absolute Gasteiger partial charge is 0.241 e. The van der Waals surface area contributed by atoms with Crippen LogP contribution in [0.2, 0.25) is 5.02 Å². The standard InChI is InChI=1S/C17H12ClFN2/c1-11-20-10-15(14-4-2-3-5-16(14)19)17(21-11)12-6-8-13(18)9-7-12/h2-10H,1H3. The number of aromatic nitrogens is 2. The molecule has 4 heteroatoms. The third-order valence-electron chi connectivity index (χ3n) is 3.19. The lowest BCUT2D eigenvalue weighted by atomic mass is 10.0. The smallest absolute Gasteiger partial charge is 0.131 e. The van der Waals surface area contributed by atoms with Crippen molar-refractivity contribution in [2.75, 3.05) is 0 Å². The van der Waals surface area contributed by atoms with Gasteiger partial charge in [0.05, 0.1) is 5.69 Å². The van der Waals surface area contributed by atoms with Crippen molar-refractivity contribution in [1.29, 1.82) is 0 Å². The summed E-state index contributed by atoms with van der Waals surface area (Å²) in [5, 5.41) is 0.650. The number of nitrogens with zero attached hydrogens (tertiary/aromatic N) is 2. The quantitative estimate of drug-likeness (QED) is 0.671. The van der Waals surface area contributed by atoms with Gasteiger partial charge in [-0.25, -0.2) is 14.4 Å². The predicted molar refractivity (Wildman–Crippen MR) is 82.6 cm³/mol. The molecule has 0 saturated heterocycles. The first-order valence-corrected chi connectivity index (χ1v) is 6.87. The summed E-state index contributed by atoms with van der Waals surface area (Å²) in [5.74, 6) is 0.347. The summed E-state index contributed by atoms with van der Waals surface area (Å²) in [7, 11) is 0. The second-order valence-corrected chi connectivity index (χ2v) is 5.10. The molecule has 0 amide bonds. The van der Waals surface area contributed by atoms with Gasteiger partial charge in [0.1, 0.15) is 11.6 Å². The van der Waals surface area contributed by atoms with Crippen LogP contribution in [-0.2, 0) is 0 Å². The lowest BCUT2D eigenvalue weighted by Crippen LogP contribution is -1.96. The average Bonchev–Trinajstić information content (AvgIpc) is 2.49. The number of benzene rings is 2. The van der Waals surface area contributed by atoms with Crippen LogP contribution in [-0.4, -0.2) is 9.97 Å². The van der Waals surface area contributed by atoms with Gasteiger partial charge in [-0.2, -0.15) is 0 Å². The van der Waals surface area contributed by atoms with Gasteiger partial charge in [-0.15, -0.1) is 0 Å². The summed E-state index contributed by atoms with van der Waals surface area (Å²) in [5.41, 5.74) is 2.73. The second-order valence-electron chi connectivity index (χ2n) is 4.67. The van der Waals surface area contributed by atoms with E-state index in [1.165, 1.54) is 6.07 Å². The fourth-order valence-corrected chi connectivity index (χ4v) is 2.30. The first-order chi connectivity index (χ1) is 10.1. The molecule has 0 spiro atoms. The molecular weight excluding hydrogens is 287 g/mol. The van der Waals surface area contributed by atoms with E-state index in [0.717, 1.165) is 5.56 Å². The average molecular weight is 299 g/mol. The summed E-state index contributed by atoms with van der Waals surface area (Å²) in [6, 6.07) is 13.9. The Morgan fingerprint density at radius 1 is 0.952 bits per heavy atom. The highest BCUT2D eigenvalue weighted by molar-refractivity contribution is 6.30. The monoisotopic (exact) mass is 298 g/mol. The van der Waals surface area contributed by atoms with Crippen molar-refractivity contribution < 1.29 is 4.39 Å². The SMILES string of the molecule is Cc1ncc(-c2ccccc2F)c(-c2ccc(Cl)cc2)n1. The van der Waals surface area contributed by atoms with Crippen molar-refractivity contribution in [2.45, 2.75) is 6.92 Å². The van der Waals surface area contributed by atoms with Crippen molar-refractivity contribution >= 4 is 11.6 Å². The molecule has 1 aromatic heterocycles. The molecule has 3 aromatic rings. The Bertz CT molecular complexity index is 785. The molecule has 1 heterocycles. The Balaban J connectivity index is 2.23. The molecule has 0 fully saturated rings. The fourth-order valence-electron chi connectivity index (χ4n) is 2.17. The zero-order valence-electron chi connectivity index (χ0n) is 11.3. The van der Waals surface area contributed by atoms with Crippen LogP contribution in [0.15, 0.2) is 54.7 Å². The van der Waals surface area contributed by atoms with Crippen molar-refractivity contribution in [2.24, 2.45) is 0 Å². The number of aryl methyl sites for hydroxylation is 1. The maximum atomic E-state index is 14.1. The zero-order valence-corrected chi connectivity index (χ0v) is 12.1. The molecule has 104 valence electrons. The number of hydrogen-bond donors (Lipinski definition) is 0. The summed E-state index contributed by atoms with van der Waals surface area (Å²) in [6.07, 6.45) is 1.66. The van der Waals surface area contributed by atoms with Crippen LogP contribution in [0, 0.1) is 12.7 Å². The van der Waals surface area contributed by atoms with Gasteiger partial charge in [0, 0.05) is 27.9 Å². The molecule has 0 saturated carbocycles. The molecule has 2 aromatic carbocycles. The van der Waals surface area contributed by atoms with Crippen LogP contribution in [0.1, 0.15) is 5.82 Å². The number of rotatable bonds is 2. The van der Waals surface area contributed by atoms with Crippen LogP contribution < -0.4 is 0 Å². The highest BCUT2D eigenvalue weighted by atomic mass is 35.5. The normalized spacial score (nSPS) is 10.6. The third kappa shape index (κ3) is 2.78. The lowest BCUT2D eigenvalue weighted by Gasteiger charge is -2.10. The van der Waals surface area contributed by atoms with Gasteiger partial charge in [-0.3, -0.25) is 0 Å².